The van der Waals surface area contributed by atoms with Gasteiger partial charge < -0.3 is 10.6 Å². The van der Waals surface area contributed by atoms with Gasteiger partial charge >= 0.3 is 6.18 Å². The Morgan fingerprint density at radius 2 is 1.76 bits per heavy atom. The largest absolute Gasteiger partial charge is 0.416 e. The molecule has 0 saturated carbocycles. The van der Waals surface area contributed by atoms with E-state index in [9.17, 15) is 18.0 Å². The summed E-state index contributed by atoms with van der Waals surface area (Å²) in [5.41, 5.74) is 0.663. The van der Waals surface area contributed by atoms with E-state index in [0.717, 1.165) is 30.6 Å². The average Bonchev–Trinajstić information content (AvgIpc) is 2.60. The van der Waals surface area contributed by atoms with Gasteiger partial charge in [-0.15, -0.1) is 0 Å². The highest BCUT2D eigenvalue weighted by atomic mass is 19.4. The fourth-order valence-corrected chi connectivity index (χ4v) is 2.38. The number of hydrogen-bond acceptors (Lipinski definition) is 2. The normalized spacial score (nSPS) is 12.3. The number of aryl methyl sites for hydroxylation is 1. The summed E-state index contributed by atoms with van der Waals surface area (Å²) in [5.74, 6) is -0.577. The Hall–Kier alpha value is -2.24. The van der Waals surface area contributed by atoms with Gasteiger partial charge in [0.05, 0.1) is 5.57 Å². The van der Waals surface area contributed by atoms with Crippen LogP contribution in [0.5, 0.6) is 0 Å². The van der Waals surface area contributed by atoms with Crippen LogP contribution >= 0.6 is 0 Å². The molecule has 0 bridgehead atoms. The lowest BCUT2D eigenvalue weighted by Gasteiger charge is -2.16. The summed E-state index contributed by atoms with van der Waals surface area (Å²) in [6.45, 7) is 11.4. The lowest BCUT2D eigenvalue weighted by Crippen LogP contribution is -2.34. The molecule has 0 aliphatic carbocycles. The van der Waals surface area contributed by atoms with Crippen LogP contribution in [-0.4, -0.2) is 18.1 Å². The van der Waals surface area contributed by atoms with E-state index >= 15 is 0 Å². The minimum absolute atomic E-state index is 0.135. The molecule has 0 fully saturated rings. The van der Waals surface area contributed by atoms with Gasteiger partial charge in [-0.2, -0.15) is 13.2 Å². The zero-order chi connectivity index (χ0) is 22.4. The van der Waals surface area contributed by atoms with Crippen molar-refractivity contribution in [2.45, 2.75) is 79.4 Å². The van der Waals surface area contributed by atoms with Crippen molar-refractivity contribution in [3.05, 3.63) is 53.3 Å². The average molecular weight is 413 g/mol. The number of benzene rings is 1. The fraction of sp³-hybridized carbons (Fsp3) is 0.522. The molecule has 0 aliphatic rings. The number of carbonyl (C=O) groups excluding carboxylic acids is 1. The first-order chi connectivity index (χ1) is 13.6. The highest BCUT2D eigenvalue weighted by molar-refractivity contribution is 5.97. The Balaban J connectivity index is 0.00000245. The number of carbonyl (C=O) groups is 1. The van der Waals surface area contributed by atoms with Crippen molar-refractivity contribution in [3.63, 3.8) is 0 Å². The molecule has 0 heterocycles. The van der Waals surface area contributed by atoms with Crippen molar-refractivity contribution in [3.8, 4) is 0 Å². The molecule has 1 aromatic rings. The van der Waals surface area contributed by atoms with Crippen LogP contribution in [0.4, 0.5) is 18.9 Å². The number of allylic oxidation sites excluding steroid dienone is 3. The van der Waals surface area contributed by atoms with E-state index in [4.69, 9.17) is 0 Å². The molecule has 1 aromatic carbocycles. The molecule has 1 rings (SSSR count). The van der Waals surface area contributed by atoms with Gasteiger partial charge in [0.2, 0.25) is 0 Å². The summed E-state index contributed by atoms with van der Waals surface area (Å²) in [6.07, 6.45) is 0.695. The zero-order valence-electron chi connectivity index (χ0n) is 18.4. The van der Waals surface area contributed by atoms with Crippen molar-refractivity contribution in [1.29, 1.82) is 0 Å². The Kier molecular flexibility index (Phi) is 12.8. The Morgan fingerprint density at radius 3 is 2.24 bits per heavy atom. The molecule has 3 nitrogen and oxygen atoms in total. The third kappa shape index (κ3) is 11.4. The first kappa shape index (κ1) is 26.8. The third-order valence-corrected chi connectivity index (χ3v) is 3.46. The molecule has 6 heteroatoms. The van der Waals surface area contributed by atoms with Crippen molar-refractivity contribution in [2.24, 2.45) is 0 Å². The first-order valence-electron chi connectivity index (χ1n) is 10.2. The molecule has 1 amide bonds. The molecule has 0 radical (unpaired) electrons. The molecule has 29 heavy (non-hydrogen) atoms. The van der Waals surface area contributed by atoms with Crippen LogP contribution in [0.15, 0.2) is 47.7 Å². The number of amides is 1. The molecule has 0 spiro atoms. The van der Waals surface area contributed by atoms with E-state index in [1.807, 2.05) is 25.1 Å². The summed E-state index contributed by atoms with van der Waals surface area (Å²) in [4.78, 5) is 12.4. The molecular formula is C23H35F3N2O. The molecular weight excluding hydrogens is 377 g/mol. The van der Waals surface area contributed by atoms with Crippen LogP contribution in [0.3, 0.4) is 0 Å². The second-order valence-corrected chi connectivity index (χ2v) is 7.03. The van der Waals surface area contributed by atoms with E-state index in [-0.39, 0.29) is 18.2 Å². The van der Waals surface area contributed by atoms with Crippen LogP contribution in [0.1, 0.15) is 66.4 Å². The third-order valence-electron chi connectivity index (χ3n) is 3.46. The van der Waals surface area contributed by atoms with Crippen LogP contribution in [-0.2, 0) is 11.2 Å². The highest BCUT2D eigenvalue weighted by Crippen LogP contribution is 2.28. The lowest BCUT2D eigenvalue weighted by molar-refractivity contribution is -0.117. The van der Waals surface area contributed by atoms with Gasteiger partial charge in [-0.25, -0.2) is 0 Å². The Bertz CT molecular complexity index is 677. The smallest absolute Gasteiger partial charge is 0.351 e. The molecule has 0 aliphatic heterocycles. The summed E-state index contributed by atoms with van der Waals surface area (Å²) in [6, 6.07) is 7.15. The zero-order valence-corrected chi connectivity index (χ0v) is 18.4. The number of alkyl halides is 3. The molecule has 2 N–H and O–H groups in total. The van der Waals surface area contributed by atoms with Gasteiger partial charge in [0, 0.05) is 11.7 Å². The van der Waals surface area contributed by atoms with E-state index in [1.165, 1.54) is 6.42 Å². The van der Waals surface area contributed by atoms with E-state index in [1.54, 1.807) is 26.8 Å². The second kappa shape index (κ2) is 13.9. The quantitative estimate of drug-likeness (QED) is 0.365. The maximum Gasteiger partial charge on any atom is 0.416 e. The Morgan fingerprint density at radius 1 is 1.14 bits per heavy atom. The standard InChI is InChI=1S/C20H27F3N2O.C3H8/c1-5-8-15-10-7-11-17(12-15)25-18(19(26)24-14(3)4)13-16(9-6-2)20(21,22)23;1-3-2/h7,9-14,25H,5-6,8H2,1-4H3,(H,24,26);3H2,1-2H3/b16-9-,18-13-;. The maximum atomic E-state index is 13.2. The van der Waals surface area contributed by atoms with E-state index in [2.05, 4.69) is 24.5 Å². The summed E-state index contributed by atoms with van der Waals surface area (Å²) >= 11 is 0. The number of anilines is 1. The van der Waals surface area contributed by atoms with Crippen molar-refractivity contribution < 1.29 is 18.0 Å². The molecule has 0 atom stereocenters. The topological polar surface area (TPSA) is 41.1 Å². The van der Waals surface area contributed by atoms with Crippen molar-refractivity contribution in [1.82, 2.24) is 5.32 Å². The van der Waals surface area contributed by atoms with Gasteiger partial charge in [0.1, 0.15) is 5.70 Å². The number of rotatable bonds is 8. The monoisotopic (exact) mass is 412 g/mol. The predicted octanol–water partition coefficient (Wildman–Crippen LogP) is 6.77. The van der Waals surface area contributed by atoms with Gasteiger partial charge in [0.15, 0.2) is 0 Å². The van der Waals surface area contributed by atoms with Crippen molar-refractivity contribution in [2.75, 3.05) is 5.32 Å². The minimum Gasteiger partial charge on any atom is -0.351 e. The number of nitrogens with one attached hydrogen (secondary N) is 2. The summed E-state index contributed by atoms with van der Waals surface area (Å²) < 4.78 is 39.7. The highest BCUT2D eigenvalue weighted by Gasteiger charge is 2.32. The summed E-state index contributed by atoms with van der Waals surface area (Å²) in [5, 5.41) is 5.49. The molecule has 164 valence electrons. The summed E-state index contributed by atoms with van der Waals surface area (Å²) in [7, 11) is 0. The van der Waals surface area contributed by atoms with E-state index < -0.39 is 17.7 Å². The Labute approximate surface area is 173 Å². The molecule has 0 saturated heterocycles. The van der Waals surface area contributed by atoms with Crippen LogP contribution < -0.4 is 10.6 Å². The van der Waals surface area contributed by atoms with Gasteiger partial charge in [0.25, 0.3) is 5.91 Å². The number of hydrogen-bond donors (Lipinski definition) is 2. The SMILES string of the molecule is CC/C=C(/C=C(\Nc1cccc(CCC)c1)C(=O)NC(C)C)C(F)(F)F.CCC. The van der Waals surface area contributed by atoms with Gasteiger partial charge in [-0.1, -0.05) is 58.7 Å². The first-order valence-corrected chi connectivity index (χ1v) is 10.2. The van der Waals surface area contributed by atoms with Crippen LogP contribution in [0.2, 0.25) is 0 Å². The van der Waals surface area contributed by atoms with Gasteiger partial charge in [-0.05, 0) is 50.5 Å². The molecule has 0 aromatic heterocycles. The van der Waals surface area contributed by atoms with Gasteiger partial charge in [-0.3, -0.25) is 4.79 Å². The second-order valence-electron chi connectivity index (χ2n) is 7.03. The minimum atomic E-state index is -4.52. The van der Waals surface area contributed by atoms with Crippen LogP contribution in [0, 0.1) is 0 Å². The van der Waals surface area contributed by atoms with Crippen molar-refractivity contribution >= 4 is 11.6 Å². The van der Waals surface area contributed by atoms with E-state index in [0.29, 0.717) is 5.69 Å². The van der Waals surface area contributed by atoms with Crippen LogP contribution in [0.25, 0.3) is 0 Å². The maximum absolute atomic E-state index is 13.2. The number of halogens is 3. The predicted molar refractivity (Wildman–Crippen MR) is 116 cm³/mol. The lowest BCUT2D eigenvalue weighted by atomic mass is 10.1. The fourth-order valence-electron chi connectivity index (χ4n) is 2.38. The molecule has 0 unspecified atom stereocenters.